The lowest BCUT2D eigenvalue weighted by atomic mass is 10.1. The number of pyridine rings is 1. The minimum Gasteiger partial charge on any atom is -0.288 e. The number of hydrogen-bond donors (Lipinski definition) is 1. The van der Waals surface area contributed by atoms with Gasteiger partial charge in [0.2, 0.25) is 0 Å². The largest absolute Gasteiger partial charge is 0.288 e. The molecule has 1 aromatic carbocycles. The second-order valence-electron chi connectivity index (χ2n) is 4.86. The van der Waals surface area contributed by atoms with Gasteiger partial charge in [0.25, 0.3) is 23.6 Å². The van der Waals surface area contributed by atoms with Gasteiger partial charge in [-0.25, -0.2) is 4.90 Å². The Morgan fingerprint density at radius 1 is 0.864 bits per heavy atom. The average Bonchev–Trinajstić information content (AvgIpc) is 2.95. The number of anilines is 1. The van der Waals surface area contributed by atoms with Gasteiger partial charge in [-0.2, -0.15) is 0 Å². The highest BCUT2D eigenvalue weighted by Crippen LogP contribution is 2.29. The van der Waals surface area contributed by atoms with Crippen molar-refractivity contribution >= 4 is 29.3 Å². The smallest absolute Gasteiger partial charge is 0.284 e. The number of carbonyl (C=O) groups excluding carboxylic acids is 4. The maximum absolute atomic E-state index is 12.4. The van der Waals surface area contributed by atoms with Crippen molar-refractivity contribution in [3.05, 3.63) is 58.9 Å². The standard InChI is InChI=1S/C15H7N3O4/c19-12-8-4-3-7(6-10(8)13(20)17-12)18-14(21)9-2-1-5-16-11(9)15(18)22/h1-6H,(H,17,19,20). The second-order valence-corrected chi connectivity index (χ2v) is 4.86. The molecule has 22 heavy (non-hydrogen) atoms. The van der Waals surface area contributed by atoms with E-state index >= 15 is 0 Å². The summed E-state index contributed by atoms with van der Waals surface area (Å²) in [5.41, 5.74) is 0.897. The lowest BCUT2D eigenvalue weighted by molar-refractivity contribution is 0.0873. The van der Waals surface area contributed by atoms with Crippen molar-refractivity contribution in [1.29, 1.82) is 0 Å². The van der Waals surface area contributed by atoms with Crippen molar-refractivity contribution in [1.82, 2.24) is 10.3 Å². The Kier molecular flexibility index (Phi) is 2.30. The molecule has 0 aliphatic carbocycles. The van der Waals surface area contributed by atoms with Gasteiger partial charge < -0.3 is 0 Å². The molecule has 0 radical (unpaired) electrons. The van der Waals surface area contributed by atoms with Crippen molar-refractivity contribution < 1.29 is 19.2 Å². The fourth-order valence-corrected chi connectivity index (χ4v) is 2.60. The molecule has 3 heterocycles. The molecule has 7 heteroatoms. The van der Waals surface area contributed by atoms with Gasteiger partial charge in [-0.05, 0) is 30.3 Å². The van der Waals surface area contributed by atoms with Gasteiger partial charge in [0, 0.05) is 6.20 Å². The molecule has 0 atom stereocenters. The molecule has 0 fully saturated rings. The SMILES string of the molecule is O=C1NC(=O)c2cc(N3C(=O)c4cccnc4C3=O)ccc21. The molecular weight excluding hydrogens is 286 g/mol. The number of aromatic nitrogens is 1. The maximum Gasteiger partial charge on any atom is 0.284 e. The highest BCUT2D eigenvalue weighted by Gasteiger charge is 2.38. The van der Waals surface area contributed by atoms with E-state index in [4.69, 9.17) is 0 Å². The second kappa shape index (κ2) is 4.08. The van der Waals surface area contributed by atoms with E-state index in [1.165, 1.54) is 30.5 Å². The van der Waals surface area contributed by atoms with Gasteiger partial charge in [-0.15, -0.1) is 0 Å². The number of amides is 4. The molecule has 0 unspecified atom stereocenters. The summed E-state index contributed by atoms with van der Waals surface area (Å²) in [6.07, 6.45) is 1.43. The van der Waals surface area contributed by atoms with Gasteiger partial charge in [-0.3, -0.25) is 29.5 Å². The number of imide groups is 2. The van der Waals surface area contributed by atoms with Crippen molar-refractivity contribution in [3.8, 4) is 0 Å². The number of nitrogens with one attached hydrogen (secondary N) is 1. The number of carbonyl (C=O) groups is 4. The van der Waals surface area contributed by atoms with Gasteiger partial charge >= 0.3 is 0 Å². The van der Waals surface area contributed by atoms with Crippen molar-refractivity contribution in [3.63, 3.8) is 0 Å². The molecule has 2 aromatic rings. The first kappa shape index (κ1) is 12.4. The molecular formula is C15H7N3O4. The number of benzene rings is 1. The van der Waals surface area contributed by atoms with Crippen molar-refractivity contribution in [2.24, 2.45) is 0 Å². The fraction of sp³-hybridized carbons (Fsp3) is 0. The van der Waals surface area contributed by atoms with Crippen LogP contribution in [0.5, 0.6) is 0 Å². The zero-order chi connectivity index (χ0) is 15.4. The van der Waals surface area contributed by atoms with Crippen molar-refractivity contribution in [2.75, 3.05) is 4.90 Å². The molecule has 106 valence electrons. The molecule has 1 aromatic heterocycles. The van der Waals surface area contributed by atoms with Crippen LogP contribution in [0.4, 0.5) is 5.69 Å². The van der Waals surface area contributed by atoms with E-state index < -0.39 is 23.6 Å². The van der Waals surface area contributed by atoms with Crippen LogP contribution in [0.2, 0.25) is 0 Å². The molecule has 2 aliphatic heterocycles. The first-order chi connectivity index (χ1) is 10.6. The van der Waals surface area contributed by atoms with Crippen LogP contribution in [0.1, 0.15) is 41.6 Å². The summed E-state index contributed by atoms with van der Waals surface area (Å²) in [6, 6.07) is 7.33. The molecule has 4 amide bonds. The molecule has 0 bridgehead atoms. The van der Waals surface area contributed by atoms with Crippen LogP contribution in [-0.2, 0) is 0 Å². The summed E-state index contributed by atoms with van der Waals surface area (Å²) in [5.74, 6) is -2.09. The zero-order valence-corrected chi connectivity index (χ0v) is 11.0. The highest BCUT2D eigenvalue weighted by atomic mass is 16.2. The van der Waals surface area contributed by atoms with E-state index in [-0.39, 0.29) is 28.1 Å². The maximum atomic E-state index is 12.4. The normalized spacial score (nSPS) is 15.9. The molecule has 4 rings (SSSR count). The first-order valence-electron chi connectivity index (χ1n) is 6.41. The van der Waals surface area contributed by atoms with E-state index in [0.717, 1.165) is 4.90 Å². The topological polar surface area (TPSA) is 96.4 Å². The Labute approximate surface area is 123 Å². The Bertz CT molecular complexity index is 868. The number of nitrogens with zero attached hydrogens (tertiary/aromatic N) is 2. The summed E-state index contributed by atoms with van der Waals surface area (Å²) in [7, 11) is 0. The third kappa shape index (κ3) is 1.47. The molecule has 0 spiro atoms. The summed E-state index contributed by atoms with van der Waals surface area (Å²) < 4.78 is 0. The number of rotatable bonds is 1. The predicted molar refractivity (Wildman–Crippen MR) is 73.6 cm³/mol. The lowest BCUT2D eigenvalue weighted by Crippen LogP contribution is -2.29. The van der Waals surface area contributed by atoms with Gasteiger partial charge in [0.1, 0.15) is 5.69 Å². The van der Waals surface area contributed by atoms with E-state index in [0.29, 0.717) is 0 Å². The van der Waals surface area contributed by atoms with Gasteiger partial charge in [-0.1, -0.05) is 0 Å². The zero-order valence-electron chi connectivity index (χ0n) is 11.0. The Morgan fingerprint density at radius 3 is 2.41 bits per heavy atom. The van der Waals surface area contributed by atoms with Crippen LogP contribution >= 0.6 is 0 Å². The molecule has 7 nitrogen and oxygen atoms in total. The monoisotopic (exact) mass is 293 g/mol. The summed E-state index contributed by atoms with van der Waals surface area (Å²) in [5, 5.41) is 2.16. The molecule has 0 saturated heterocycles. The van der Waals surface area contributed by atoms with E-state index in [1.54, 1.807) is 6.07 Å². The van der Waals surface area contributed by atoms with Crippen LogP contribution in [0.15, 0.2) is 36.5 Å². The number of hydrogen-bond acceptors (Lipinski definition) is 5. The summed E-state index contributed by atoms with van der Waals surface area (Å²) in [4.78, 5) is 52.8. The molecule has 0 saturated carbocycles. The van der Waals surface area contributed by atoms with Crippen LogP contribution in [0.3, 0.4) is 0 Å². The Morgan fingerprint density at radius 2 is 1.64 bits per heavy atom. The lowest BCUT2D eigenvalue weighted by Gasteiger charge is -2.14. The minimum absolute atomic E-state index is 0.0773. The average molecular weight is 293 g/mol. The predicted octanol–water partition coefficient (Wildman–Crippen LogP) is 0.766. The van der Waals surface area contributed by atoms with Gasteiger partial charge in [0.05, 0.1) is 22.4 Å². The minimum atomic E-state index is -0.551. The quantitative estimate of drug-likeness (QED) is 0.783. The van der Waals surface area contributed by atoms with E-state index in [2.05, 4.69) is 10.3 Å². The fourth-order valence-electron chi connectivity index (χ4n) is 2.60. The summed E-state index contributed by atoms with van der Waals surface area (Å²) >= 11 is 0. The van der Waals surface area contributed by atoms with E-state index in [1.807, 2.05) is 0 Å². The number of fused-ring (bicyclic) bond motifs is 2. The summed E-state index contributed by atoms with van der Waals surface area (Å²) in [6.45, 7) is 0. The Balaban J connectivity index is 1.84. The Hall–Kier alpha value is -3.35. The van der Waals surface area contributed by atoms with Crippen LogP contribution in [0.25, 0.3) is 0 Å². The van der Waals surface area contributed by atoms with E-state index in [9.17, 15) is 19.2 Å². The first-order valence-corrected chi connectivity index (χ1v) is 6.41. The van der Waals surface area contributed by atoms with Gasteiger partial charge in [0.15, 0.2) is 0 Å². The molecule has 1 N–H and O–H groups in total. The van der Waals surface area contributed by atoms with Crippen LogP contribution < -0.4 is 10.2 Å². The van der Waals surface area contributed by atoms with Crippen LogP contribution in [0, 0.1) is 0 Å². The van der Waals surface area contributed by atoms with Crippen LogP contribution in [-0.4, -0.2) is 28.6 Å². The van der Waals surface area contributed by atoms with Crippen molar-refractivity contribution in [2.45, 2.75) is 0 Å². The molecule has 2 aliphatic rings. The third-order valence-electron chi connectivity index (χ3n) is 3.62. The third-order valence-corrected chi connectivity index (χ3v) is 3.62. The highest BCUT2D eigenvalue weighted by molar-refractivity contribution is 6.34.